The van der Waals surface area contributed by atoms with E-state index in [1.54, 1.807) is 12.4 Å². The second-order valence-corrected chi connectivity index (χ2v) is 3.78. The van der Waals surface area contributed by atoms with Gasteiger partial charge in [0.25, 0.3) is 0 Å². The molecule has 0 bridgehead atoms. The van der Waals surface area contributed by atoms with E-state index in [1.165, 1.54) is 0 Å². The zero-order valence-electron chi connectivity index (χ0n) is 10.0. The Hall–Kier alpha value is -2.04. The number of aromatic nitrogens is 2. The molecular formula is C12H16N4O. The number of nitrogens with one attached hydrogen (secondary N) is 2. The van der Waals surface area contributed by atoms with Crippen molar-refractivity contribution < 1.29 is 4.52 Å². The lowest BCUT2D eigenvalue weighted by Gasteiger charge is -2.06. The number of anilines is 2. The van der Waals surface area contributed by atoms with Gasteiger partial charge in [0, 0.05) is 12.6 Å². The highest BCUT2D eigenvalue weighted by atomic mass is 16.5. The van der Waals surface area contributed by atoms with Gasteiger partial charge < -0.3 is 15.2 Å². The summed E-state index contributed by atoms with van der Waals surface area (Å²) >= 11 is 0. The van der Waals surface area contributed by atoms with Gasteiger partial charge in [-0.05, 0) is 19.9 Å². The molecule has 0 radical (unpaired) electrons. The molecular weight excluding hydrogens is 216 g/mol. The third kappa shape index (κ3) is 3.21. The first kappa shape index (κ1) is 11.4. The van der Waals surface area contributed by atoms with E-state index in [4.69, 9.17) is 4.52 Å². The minimum absolute atomic E-state index is 0.634. The van der Waals surface area contributed by atoms with Crippen molar-refractivity contribution in [3.63, 3.8) is 0 Å². The van der Waals surface area contributed by atoms with Crippen LogP contribution >= 0.6 is 0 Å². The summed E-state index contributed by atoms with van der Waals surface area (Å²) in [6, 6.07) is 3.93. The molecule has 2 heterocycles. The van der Waals surface area contributed by atoms with Crippen LogP contribution in [0, 0.1) is 6.92 Å². The Kier molecular flexibility index (Phi) is 3.59. The summed E-state index contributed by atoms with van der Waals surface area (Å²) in [6.07, 6.45) is 3.59. The van der Waals surface area contributed by atoms with Gasteiger partial charge in [0.2, 0.25) is 0 Å². The van der Waals surface area contributed by atoms with E-state index in [9.17, 15) is 0 Å². The summed E-state index contributed by atoms with van der Waals surface area (Å²) in [6.45, 7) is 5.45. The molecule has 2 aromatic heterocycles. The van der Waals surface area contributed by atoms with Gasteiger partial charge in [-0.15, -0.1) is 0 Å². The van der Waals surface area contributed by atoms with Crippen LogP contribution in [-0.4, -0.2) is 16.7 Å². The smallest absolute Gasteiger partial charge is 0.133 e. The van der Waals surface area contributed by atoms with E-state index in [0.717, 1.165) is 29.4 Å². The summed E-state index contributed by atoms with van der Waals surface area (Å²) < 4.78 is 5.00. The van der Waals surface area contributed by atoms with Gasteiger partial charge in [-0.1, -0.05) is 5.16 Å². The molecule has 0 saturated heterocycles. The average Bonchev–Trinajstić information content (AvgIpc) is 2.74. The molecule has 0 saturated carbocycles. The van der Waals surface area contributed by atoms with E-state index >= 15 is 0 Å². The van der Waals surface area contributed by atoms with Crippen LogP contribution in [0.3, 0.4) is 0 Å². The van der Waals surface area contributed by atoms with Gasteiger partial charge in [-0.25, -0.2) is 0 Å². The largest absolute Gasteiger partial charge is 0.384 e. The standard InChI is InChI=1S/C12H16N4O/c1-3-14-10-5-11(7-13-6-10)15-8-12-4-9(2)17-16-12/h4-7,14-15H,3,8H2,1-2H3. The summed E-state index contributed by atoms with van der Waals surface area (Å²) in [5, 5.41) is 10.4. The number of hydrogen-bond acceptors (Lipinski definition) is 5. The van der Waals surface area contributed by atoms with Gasteiger partial charge in [0.05, 0.1) is 30.3 Å². The fourth-order valence-corrected chi connectivity index (χ4v) is 1.53. The quantitative estimate of drug-likeness (QED) is 0.829. The van der Waals surface area contributed by atoms with Crippen molar-refractivity contribution in [3.8, 4) is 0 Å². The van der Waals surface area contributed by atoms with Crippen LogP contribution in [0.25, 0.3) is 0 Å². The van der Waals surface area contributed by atoms with Crippen LogP contribution in [0.15, 0.2) is 29.0 Å². The van der Waals surface area contributed by atoms with E-state index in [0.29, 0.717) is 6.54 Å². The highest BCUT2D eigenvalue weighted by molar-refractivity contribution is 5.53. The van der Waals surface area contributed by atoms with E-state index < -0.39 is 0 Å². The first-order chi connectivity index (χ1) is 8.28. The van der Waals surface area contributed by atoms with Crippen molar-refractivity contribution in [1.29, 1.82) is 0 Å². The van der Waals surface area contributed by atoms with E-state index in [1.807, 2.05) is 19.1 Å². The minimum atomic E-state index is 0.634. The van der Waals surface area contributed by atoms with Crippen LogP contribution in [0.2, 0.25) is 0 Å². The molecule has 0 unspecified atom stereocenters. The predicted octanol–water partition coefficient (Wildman–Crippen LogP) is 2.42. The Balaban J connectivity index is 1.96. The van der Waals surface area contributed by atoms with Crippen LogP contribution in [0.1, 0.15) is 18.4 Å². The molecule has 2 aromatic rings. The lowest BCUT2D eigenvalue weighted by Crippen LogP contribution is -2.02. The van der Waals surface area contributed by atoms with Crippen molar-refractivity contribution in [1.82, 2.24) is 10.1 Å². The Morgan fingerprint density at radius 2 is 1.94 bits per heavy atom. The third-order valence-electron chi connectivity index (χ3n) is 2.27. The summed E-state index contributed by atoms with van der Waals surface area (Å²) in [4.78, 5) is 4.15. The molecule has 0 aromatic carbocycles. The third-order valence-corrected chi connectivity index (χ3v) is 2.27. The van der Waals surface area contributed by atoms with Crippen LogP contribution < -0.4 is 10.6 Å². The highest BCUT2D eigenvalue weighted by Crippen LogP contribution is 2.13. The number of nitrogens with zero attached hydrogens (tertiary/aromatic N) is 2. The van der Waals surface area contributed by atoms with Crippen LogP contribution in [0.4, 0.5) is 11.4 Å². The maximum Gasteiger partial charge on any atom is 0.133 e. The number of hydrogen-bond donors (Lipinski definition) is 2. The molecule has 0 aliphatic rings. The molecule has 0 amide bonds. The van der Waals surface area contributed by atoms with Gasteiger partial charge in [-0.3, -0.25) is 4.98 Å². The lowest BCUT2D eigenvalue weighted by atomic mass is 10.3. The van der Waals surface area contributed by atoms with Crippen molar-refractivity contribution in [3.05, 3.63) is 36.0 Å². The van der Waals surface area contributed by atoms with Gasteiger partial charge in [0.1, 0.15) is 11.5 Å². The van der Waals surface area contributed by atoms with E-state index in [-0.39, 0.29) is 0 Å². The van der Waals surface area contributed by atoms with Crippen molar-refractivity contribution in [2.75, 3.05) is 17.2 Å². The first-order valence-corrected chi connectivity index (χ1v) is 5.63. The Labute approximate surface area is 100 Å². The van der Waals surface area contributed by atoms with Crippen molar-refractivity contribution in [2.24, 2.45) is 0 Å². The molecule has 2 N–H and O–H groups in total. The summed E-state index contributed by atoms with van der Waals surface area (Å²) in [5.41, 5.74) is 2.86. The van der Waals surface area contributed by atoms with E-state index in [2.05, 4.69) is 27.7 Å². The number of pyridine rings is 1. The maximum absolute atomic E-state index is 5.00. The van der Waals surface area contributed by atoms with Crippen LogP contribution in [0.5, 0.6) is 0 Å². The Bertz CT molecular complexity index is 481. The van der Waals surface area contributed by atoms with Gasteiger partial charge in [0.15, 0.2) is 0 Å². The molecule has 5 heteroatoms. The molecule has 90 valence electrons. The first-order valence-electron chi connectivity index (χ1n) is 5.63. The molecule has 0 fully saturated rings. The van der Waals surface area contributed by atoms with Crippen molar-refractivity contribution in [2.45, 2.75) is 20.4 Å². The molecule has 0 aliphatic heterocycles. The second-order valence-electron chi connectivity index (χ2n) is 3.78. The molecule has 0 atom stereocenters. The van der Waals surface area contributed by atoms with Crippen molar-refractivity contribution >= 4 is 11.4 Å². The fraction of sp³-hybridized carbons (Fsp3) is 0.333. The second kappa shape index (κ2) is 5.34. The number of rotatable bonds is 5. The molecule has 0 spiro atoms. The van der Waals surface area contributed by atoms with Gasteiger partial charge in [-0.2, -0.15) is 0 Å². The summed E-state index contributed by atoms with van der Waals surface area (Å²) in [5.74, 6) is 0.821. The van der Waals surface area contributed by atoms with Gasteiger partial charge >= 0.3 is 0 Å². The molecule has 17 heavy (non-hydrogen) atoms. The highest BCUT2D eigenvalue weighted by Gasteiger charge is 2.00. The summed E-state index contributed by atoms with van der Waals surface area (Å²) in [7, 11) is 0. The average molecular weight is 232 g/mol. The predicted molar refractivity (Wildman–Crippen MR) is 67.0 cm³/mol. The lowest BCUT2D eigenvalue weighted by molar-refractivity contribution is 0.391. The Morgan fingerprint density at radius 3 is 2.59 bits per heavy atom. The normalized spacial score (nSPS) is 10.2. The van der Waals surface area contributed by atoms with Crippen LogP contribution in [-0.2, 0) is 6.54 Å². The topological polar surface area (TPSA) is 63.0 Å². The zero-order valence-corrected chi connectivity index (χ0v) is 10.0. The minimum Gasteiger partial charge on any atom is -0.384 e. The maximum atomic E-state index is 5.00. The Morgan fingerprint density at radius 1 is 1.18 bits per heavy atom. The SMILES string of the molecule is CCNc1cncc(NCc2cc(C)on2)c1. The molecule has 0 aliphatic carbocycles. The fourth-order valence-electron chi connectivity index (χ4n) is 1.53. The number of aryl methyl sites for hydroxylation is 1. The zero-order chi connectivity index (χ0) is 12.1. The molecule has 2 rings (SSSR count). The molecule has 5 nitrogen and oxygen atoms in total. The monoisotopic (exact) mass is 232 g/mol.